The van der Waals surface area contributed by atoms with Gasteiger partial charge in [-0.3, -0.25) is 19.5 Å². The van der Waals surface area contributed by atoms with E-state index in [9.17, 15) is 14.9 Å². The molecule has 0 aliphatic carbocycles. The quantitative estimate of drug-likeness (QED) is 0.583. The first-order chi connectivity index (χ1) is 11.0. The number of nitrogens with one attached hydrogen (secondary N) is 1. The summed E-state index contributed by atoms with van der Waals surface area (Å²) in [5.74, 6) is 0.223. The summed E-state index contributed by atoms with van der Waals surface area (Å²) in [4.78, 5) is 30.1. The third kappa shape index (κ3) is 2.93. The molecule has 0 aliphatic rings. The van der Waals surface area contributed by atoms with Gasteiger partial charge in [-0.25, -0.2) is 9.97 Å². The summed E-state index contributed by atoms with van der Waals surface area (Å²) < 4.78 is 6.63. The number of aromatic nitrogens is 3. The van der Waals surface area contributed by atoms with E-state index >= 15 is 0 Å². The van der Waals surface area contributed by atoms with Gasteiger partial charge in [0.15, 0.2) is 5.76 Å². The summed E-state index contributed by atoms with van der Waals surface area (Å²) in [5.41, 5.74) is 0.440. The lowest BCUT2D eigenvalue weighted by molar-refractivity contribution is -0.402. The van der Waals surface area contributed by atoms with E-state index in [2.05, 4.69) is 15.3 Å². The lowest BCUT2D eigenvalue weighted by atomic mass is 10.3. The molecule has 9 nitrogen and oxygen atoms in total. The molecule has 0 spiro atoms. The number of furan rings is 1. The number of imidazole rings is 1. The molecule has 3 aromatic heterocycles. The predicted octanol–water partition coefficient (Wildman–Crippen LogP) is 2.33. The largest absolute Gasteiger partial charge is 0.433 e. The van der Waals surface area contributed by atoms with Gasteiger partial charge in [-0.05, 0) is 25.1 Å². The van der Waals surface area contributed by atoms with Crippen LogP contribution in [0.1, 0.15) is 16.4 Å². The number of anilines is 1. The fourth-order valence-corrected chi connectivity index (χ4v) is 1.96. The first-order valence-electron chi connectivity index (χ1n) is 6.56. The van der Waals surface area contributed by atoms with Gasteiger partial charge in [0.2, 0.25) is 0 Å². The molecule has 0 bridgehead atoms. The highest BCUT2D eigenvalue weighted by Crippen LogP contribution is 2.17. The summed E-state index contributed by atoms with van der Waals surface area (Å²) in [6.07, 6.45) is 4.92. The van der Waals surface area contributed by atoms with Gasteiger partial charge < -0.3 is 9.73 Å². The van der Waals surface area contributed by atoms with Crippen LogP contribution in [0.3, 0.4) is 0 Å². The number of hydrogen-bond donors (Lipinski definition) is 1. The van der Waals surface area contributed by atoms with Crippen molar-refractivity contribution >= 4 is 17.5 Å². The van der Waals surface area contributed by atoms with Crippen LogP contribution in [0.5, 0.6) is 0 Å². The highest BCUT2D eigenvalue weighted by atomic mass is 16.6. The summed E-state index contributed by atoms with van der Waals surface area (Å²) in [7, 11) is 0. The summed E-state index contributed by atoms with van der Waals surface area (Å²) in [6.45, 7) is 1.85. The molecule has 0 radical (unpaired) electrons. The van der Waals surface area contributed by atoms with Crippen LogP contribution in [-0.4, -0.2) is 25.4 Å². The third-order valence-corrected chi connectivity index (χ3v) is 3.07. The first-order valence-corrected chi connectivity index (χ1v) is 6.56. The number of carbonyl (C=O) groups is 1. The van der Waals surface area contributed by atoms with Crippen molar-refractivity contribution in [1.82, 2.24) is 14.5 Å². The van der Waals surface area contributed by atoms with Crippen LogP contribution in [0.2, 0.25) is 0 Å². The number of rotatable bonds is 4. The molecule has 0 saturated carbocycles. The number of nitrogens with zero attached hydrogens (tertiary/aromatic N) is 4. The van der Waals surface area contributed by atoms with Crippen LogP contribution in [-0.2, 0) is 0 Å². The summed E-state index contributed by atoms with van der Waals surface area (Å²) >= 11 is 0. The first kappa shape index (κ1) is 14.4. The van der Waals surface area contributed by atoms with Gasteiger partial charge in [0.1, 0.15) is 16.6 Å². The molecular weight excluding hydrogens is 302 g/mol. The SMILES string of the molecule is Cc1nccn1-c1ccc(NC(=O)c2ccc([N+](=O)[O-])o2)cn1. The average molecular weight is 313 g/mol. The van der Waals surface area contributed by atoms with Gasteiger partial charge in [-0.15, -0.1) is 0 Å². The maximum Gasteiger partial charge on any atom is 0.433 e. The van der Waals surface area contributed by atoms with E-state index < -0.39 is 16.7 Å². The lowest BCUT2D eigenvalue weighted by Gasteiger charge is -2.06. The normalized spacial score (nSPS) is 10.5. The molecule has 3 heterocycles. The standard InChI is InChI=1S/C14H11N5O4/c1-9-15-6-7-18(9)12-4-2-10(8-16-12)17-14(20)11-3-5-13(23-11)19(21)22/h2-8H,1H3,(H,17,20). The molecule has 1 amide bonds. The maximum atomic E-state index is 11.9. The molecule has 9 heteroatoms. The van der Waals surface area contributed by atoms with E-state index in [0.29, 0.717) is 11.5 Å². The minimum atomic E-state index is -0.708. The Balaban J connectivity index is 1.74. The molecular formula is C14H11N5O4. The zero-order valence-corrected chi connectivity index (χ0v) is 12.0. The Morgan fingerprint density at radius 1 is 1.30 bits per heavy atom. The second kappa shape index (κ2) is 5.72. The van der Waals surface area contributed by atoms with Crippen molar-refractivity contribution < 1.29 is 14.1 Å². The Morgan fingerprint density at radius 2 is 2.13 bits per heavy atom. The Hall–Kier alpha value is -3.49. The predicted molar refractivity (Wildman–Crippen MR) is 79.4 cm³/mol. The van der Waals surface area contributed by atoms with Gasteiger partial charge in [0.25, 0.3) is 5.91 Å². The monoisotopic (exact) mass is 313 g/mol. The highest BCUT2D eigenvalue weighted by Gasteiger charge is 2.17. The van der Waals surface area contributed by atoms with Crippen LogP contribution in [0.15, 0.2) is 47.3 Å². The number of hydrogen-bond acceptors (Lipinski definition) is 6. The highest BCUT2D eigenvalue weighted by molar-refractivity contribution is 6.02. The fourth-order valence-electron chi connectivity index (χ4n) is 1.96. The molecule has 0 fully saturated rings. The van der Waals surface area contributed by atoms with Gasteiger partial charge in [0.05, 0.1) is 18.0 Å². The van der Waals surface area contributed by atoms with Crippen molar-refractivity contribution in [2.24, 2.45) is 0 Å². The lowest BCUT2D eigenvalue weighted by Crippen LogP contribution is -2.11. The molecule has 23 heavy (non-hydrogen) atoms. The Labute approximate surface area is 129 Å². The van der Waals surface area contributed by atoms with Crippen molar-refractivity contribution in [2.45, 2.75) is 6.92 Å². The Bertz CT molecular complexity index is 865. The molecule has 116 valence electrons. The van der Waals surface area contributed by atoms with E-state index in [4.69, 9.17) is 4.42 Å². The van der Waals surface area contributed by atoms with Crippen molar-refractivity contribution in [3.63, 3.8) is 0 Å². The third-order valence-electron chi connectivity index (χ3n) is 3.07. The topological polar surface area (TPSA) is 116 Å². The Kier molecular flexibility index (Phi) is 3.59. The van der Waals surface area contributed by atoms with E-state index in [1.807, 2.05) is 6.92 Å². The van der Waals surface area contributed by atoms with Crippen LogP contribution in [0.25, 0.3) is 5.82 Å². The molecule has 3 rings (SSSR count). The maximum absolute atomic E-state index is 11.9. The van der Waals surface area contributed by atoms with Crippen molar-refractivity contribution in [2.75, 3.05) is 5.32 Å². The summed E-state index contributed by atoms with van der Waals surface area (Å²) in [6, 6.07) is 5.74. The van der Waals surface area contributed by atoms with E-state index in [1.54, 1.807) is 29.1 Å². The molecule has 0 saturated heterocycles. The number of nitro groups is 1. The van der Waals surface area contributed by atoms with E-state index in [0.717, 1.165) is 11.9 Å². The minimum absolute atomic E-state index is 0.147. The molecule has 0 atom stereocenters. The second-order valence-corrected chi connectivity index (χ2v) is 4.60. The molecule has 3 aromatic rings. The van der Waals surface area contributed by atoms with Crippen LogP contribution < -0.4 is 5.32 Å². The van der Waals surface area contributed by atoms with Crippen molar-refractivity contribution in [3.8, 4) is 5.82 Å². The van der Waals surface area contributed by atoms with Gasteiger partial charge >= 0.3 is 5.88 Å². The number of amides is 1. The van der Waals surface area contributed by atoms with Crippen LogP contribution in [0, 0.1) is 17.0 Å². The van der Waals surface area contributed by atoms with Gasteiger partial charge in [-0.2, -0.15) is 0 Å². The van der Waals surface area contributed by atoms with E-state index in [1.165, 1.54) is 12.3 Å². The molecule has 0 unspecified atom stereocenters. The average Bonchev–Trinajstić information content (AvgIpc) is 3.17. The molecule has 1 N–H and O–H groups in total. The van der Waals surface area contributed by atoms with Gasteiger partial charge in [-0.1, -0.05) is 0 Å². The van der Waals surface area contributed by atoms with Crippen LogP contribution >= 0.6 is 0 Å². The molecule has 0 aliphatic heterocycles. The smallest absolute Gasteiger partial charge is 0.395 e. The van der Waals surface area contributed by atoms with E-state index in [-0.39, 0.29) is 5.76 Å². The summed E-state index contributed by atoms with van der Waals surface area (Å²) in [5, 5.41) is 13.1. The molecule has 0 aromatic carbocycles. The van der Waals surface area contributed by atoms with Crippen molar-refractivity contribution in [1.29, 1.82) is 0 Å². The van der Waals surface area contributed by atoms with Gasteiger partial charge in [0, 0.05) is 12.4 Å². The fraction of sp³-hybridized carbons (Fsp3) is 0.0714. The Morgan fingerprint density at radius 3 is 2.70 bits per heavy atom. The second-order valence-electron chi connectivity index (χ2n) is 4.60. The number of pyridine rings is 1. The zero-order valence-electron chi connectivity index (χ0n) is 12.0. The number of carbonyl (C=O) groups excluding carboxylic acids is 1. The zero-order chi connectivity index (χ0) is 16.4. The van der Waals surface area contributed by atoms with Crippen molar-refractivity contribution in [3.05, 3.63) is 64.6 Å². The minimum Gasteiger partial charge on any atom is -0.395 e. The number of aryl methyl sites for hydroxylation is 1. The van der Waals surface area contributed by atoms with Crippen LogP contribution in [0.4, 0.5) is 11.6 Å².